The maximum atomic E-state index is 11.6. The molecule has 110 valence electrons. The van der Waals surface area contributed by atoms with E-state index in [1.165, 1.54) is 0 Å². The van der Waals surface area contributed by atoms with Crippen LogP contribution in [-0.4, -0.2) is 27.5 Å². The zero-order valence-corrected chi connectivity index (χ0v) is 12.0. The molecule has 1 atom stereocenters. The Kier molecular flexibility index (Phi) is 3.70. The number of carbonyl (C=O) groups is 1. The molecule has 3 rings (SSSR count). The molecule has 0 spiro atoms. The number of carbonyl (C=O) groups excluding carboxylic acids is 1. The predicted octanol–water partition coefficient (Wildman–Crippen LogP) is 1.88. The van der Waals surface area contributed by atoms with Crippen molar-refractivity contribution in [3.05, 3.63) is 35.7 Å². The zero-order valence-electron chi connectivity index (χ0n) is 12.0. The van der Waals surface area contributed by atoms with E-state index in [4.69, 9.17) is 10.3 Å². The van der Waals surface area contributed by atoms with Crippen molar-refractivity contribution in [2.75, 3.05) is 6.54 Å². The quantitative estimate of drug-likeness (QED) is 0.931. The van der Waals surface area contributed by atoms with Crippen molar-refractivity contribution >= 4 is 5.91 Å². The number of nitrogens with two attached hydrogens (primary N) is 1. The van der Waals surface area contributed by atoms with Crippen LogP contribution in [0.5, 0.6) is 0 Å². The highest BCUT2D eigenvalue weighted by Crippen LogP contribution is 2.31. The van der Waals surface area contributed by atoms with Crippen LogP contribution in [0.15, 0.2) is 28.8 Å². The fraction of sp³-hybridized carbons (Fsp3) is 0.400. The molecule has 0 aliphatic carbocycles. The summed E-state index contributed by atoms with van der Waals surface area (Å²) >= 11 is 0. The lowest BCUT2D eigenvalue weighted by Gasteiger charge is -2.19. The van der Waals surface area contributed by atoms with E-state index in [2.05, 4.69) is 10.1 Å². The van der Waals surface area contributed by atoms with Crippen molar-refractivity contribution in [3.63, 3.8) is 0 Å². The number of hydrogen-bond donors (Lipinski definition) is 1. The van der Waals surface area contributed by atoms with Gasteiger partial charge in [0.25, 0.3) is 0 Å². The number of aromatic nitrogens is 2. The Morgan fingerprint density at radius 3 is 2.86 bits per heavy atom. The molecule has 2 heterocycles. The summed E-state index contributed by atoms with van der Waals surface area (Å²) in [4.78, 5) is 17.8. The van der Waals surface area contributed by atoms with Gasteiger partial charge in [0.2, 0.25) is 17.6 Å². The molecule has 0 saturated carbocycles. The fourth-order valence-electron chi connectivity index (χ4n) is 2.68. The van der Waals surface area contributed by atoms with Crippen LogP contribution in [0.25, 0.3) is 11.4 Å². The summed E-state index contributed by atoms with van der Waals surface area (Å²) in [5.41, 5.74) is 7.52. The first-order chi connectivity index (χ1) is 10.2. The third kappa shape index (κ3) is 2.67. The van der Waals surface area contributed by atoms with Gasteiger partial charge < -0.3 is 15.2 Å². The fourth-order valence-corrected chi connectivity index (χ4v) is 2.68. The van der Waals surface area contributed by atoms with Gasteiger partial charge in [-0.05, 0) is 18.4 Å². The van der Waals surface area contributed by atoms with Gasteiger partial charge in [-0.15, -0.1) is 0 Å². The van der Waals surface area contributed by atoms with Crippen LogP contribution in [0.4, 0.5) is 0 Å². The molecular formula is C15H18N4O2. The minimum absolute atomic E-state index is 0.0459. The van der Waals surface area contributed by atoms with Gasteiger partial charge in [0.15, 0.2) is 0 Å². The predicted molar refractivity (Wildman–Crippen MR) is 77.0 cm³/mol. The molecule has 1 unspecified atom stereocenters. The van der Waals surface area contributed by atoms with Crippen LogP contribution in [0.3, 0.4) is 0 Å². The first kappa shape index (κ1) is 13.8. The van der Waals surface area contributed by atoms with Gasteiger partial charge in [-0.2, -0.15) is 4.98 Å². The molecule has 6 heteroatoms. The molecule has 1 aromatic carbocycles. The summed E-state index contributed by atoms with van der Waals surface area (Å²) in [6.45, 7) is 2.83. The van der Waals surface area contributed by atoms with Crippen molar-refractivity contribution in [3.8, 4) is 11.4 Å². The third-order valence-corrected chi connectivity index (χ3v) is 3.83. The Morgan fingerprint density at radius 2 is 2.19 bits per heavy atom. The maximum Gasteiger partial charge on any atom is 0.249 e. The average molecular weight is 286 g/mol. The molecule has 1 aliphatic rings. The number of likely N-dealkylation sites (tertiary alicyclic amines) is 1. The zero-order chi connectivity index (χ0) is 14.8. The Hall–Kier alpha value is -2.21. The summed E-state index contributed by atoms with van der Waals surface area (Å²) in [7, 11) is 0. The SMILES string of the molecule is CC(=O)N1CCCC1c1nc(-c2ccc(CN)cc2)no1. The van der Waals surface area contributed by atoms with E-state index in [9.17, 15) is 4.79 Å². The van der Waals surface area contributed by atoms with Gasteiger partial charge >= 0.3 is 0 Å². The van der Waals surface area contributed by atoms with Crippen molar-refractivity contribution < 1.29 is 9.32 Å². The van der Waals surface area contributed by atoms with Crippen LogP contribution in [0.1, 0.15) is 37.3 Å². The molecule has 21 heavy (non-hydrogen) atoms. The number of benzene rings is 1. The number of rotatable bonds is 3. The third-order valence-electron chi connectivity index (χ3n) is 3.83. The maximum absolute atomic E-state index is 11.6. The lowest BCUT2D eigenvalue weighted by atomic mass is 10.1. The molecule has 1 aliphatic heterocycles. The smallest absolute Gasteiger partial charge is 0.249 e. The van der Waals surface area contributed by atoms with E-state index in [-0.39, 0.29) is 11.9 Å². The summed E-state index contributed by atoms with van der Waals surface area (Å²) in [5.74, 6) is 1.11. The van der Waals surface area contributed by atoms with Gasteiger partial charge in [0.05, 0.1) is 0 Å². The van der Waals surface area contributed by atoms with E-state index < -0.39 is 0 Å². The van der Waals surface area contributed by atoms with E-state index in [1.54, 1.807) is 11.8 Å². The van der Waals surface area contributed by atoms with E-state index >= 15 is 0 Å². The molecule has 0 radical (unpaired) electrons. The average Bonchev–Trinajstić information content (AvgIpc) is 3.16. The van der Waals surface area contributed by atoms with Crippen LogP contribution in [0, 0.1) is 0 Å². The molecule has 6 nitrogen and oxygen atoms in total. The Morgan fingerprint density at radius 1 is 1.43 bits per heavy atom. The van der Waals surface area contributed by atoms with Crippen molar-refractivity contribution in [2.24, 2.45) is 5.73 Å². The number of nitrogens with zero attached hydrogens (tertiary/aromatic N) is 3. The molecule has 1 aromatic heterocycles. The van der Waals surface area contributed by atoms with Gasteiger partial charge in [-0.1, -0.05) is 29.4 Å². The molecule has 1 fully saturated rings. The Balaban J connectivity index is 1.84. The lowest BCUT2D eigenvalue weighted by Crippen LogP contribution is -2.28. The topological polar surface area (TPSA) is 85.2 Å². The standard InChI is InChI=1S/C15H18N4O2/c1-10(20)19-8-2-3-13(19)15-17-14(18-21-15)12-6-4-11(9-16)5-7-12/h4-7,13H,2-3,8-9,16H2,1H3. The van der Waals surface area contributed by atoms with Crippen molar-refractivity contribution in [2.45, 2.75) is 32.4 Å². The highest BCUT2D eigenvalue weighted by atomic mass is 16.5. The van der Waals surface area contributed by atoms with Crippen molar-refractivity contribution in [1.82, 2.24) is 15.0 Å². The largest absolute Gasteiger partial charge is 0.337 e. The minimum atomic E-state index is -0.0907. The second kappa shape index (κ2) is 5.65. The van der Waals surface area contributed by atoms with E-state index in [0.29, 0.717) is 18.3 Å². The summed E-state index contributed by atoms with van der Waals surface area (Å²) < 4.78 is 5.36. The van der Waals surface area contributed by atoms with Crippen LogP contribution >= 0.6 is 0 Å². The molecule has 1 saturated heterocycles. The van der Waals surface area contributed by atoms with Crippen LogP contribution in [-0.2, 0) is 11.3 Å². The summed E-state index contributed by atoms with van der Waals surface area (Å²) in [5, 5.41) is 4.02. The first-order valence-corrected chi connectivity index (χ1v) is 7.09. The normalized spacial score (nSPS) is 18.2. The van der Waals surface area contributed by atoms with Gasteiger partial charge in [-0.25, -0.2) is 0 Å². The number of amides is 1. The molecular weight excluding hydrogens is 268 g/mol. The Bertz CT molecular complexity index is 635. The molecule has 1 amide bonds. The highest BCUT2D eigenvalue weighted by molar-refractivity contribution is 5.74. The summed E-state index contributed by atoms with van der Waals surface area (Å²) in [6, 6.07) is 7.65. The molecule has 2 aromatic rings. The molecule has 0 bridgehead atoms. The number of hydrogen-bond acceptors (Lipinski definition) is 5. The van der Waals surface area contributed by atoms with Gasteiger partial charge in [0, 0.05) is 25.6 Å². The van der Waals surface area contributed by atoms with Crippen LogP contribution in [0.2, 0.25) is 0 Å². The molecule has 2 N–H and O–H groups in total. The minimum Gasteiger partial charge on any atom is -0.337 e. The second-order valence-corrected chi connectivity index (χ2v) is 5.23. The highest BCUT2D eigenvalue weighted by Gasteiger charge is 2.32. The van der Waals surface area contributed by atoms with Gasteiger partial charge in [0.1, 0.15) is 6.04 Å². The van der Waals surface area contributed by atoms with Crippen molar-refractivity contribution in [1.29, 1.82) is 0 Å². The first-order valence-electron chi connectivity index (χ1n) is 7.09. The second-order valence-electron chi connectivity index (χ2n) is 5.23. The van der Waals surface area contributed by atoms with E-state index in [0.717, 1.165) is 30.5 Å². The van der Waals surface area contributed by atoms with Crippen LogP contribution < -0.4 is 5.73 Å². The Labute approximate surface area is 122 Å². The monoisotopic (exact) mass is 286 g/mol. The lowest BCUT2D eigenvalue weighted by molar-refractivity contribution is -0.130. The van der Waals surface area contributed by atoms with E-state index in [1.807, 2.05) is 24.3 Å². The van der Waals surface area contributed by atoms with Gasteiger partial charge in [-0.3, -0.25) is 4.79 Å². The summed E-state index contributed by atoms with van der Waals surface area (Å²) in [6.07, 6.45) is 1.83.